The Balaban J connectivity index is 1.44. The van der Waals surface area contributed by atoms with Crippen LogP contribution in [0.5, 0.6) is 0 Å². The van der Waals surface area contributed by atoms with E-state index in [4.69, 9.17) is 10.5 Å². The highest BCUT2D eigenvalue weighted by Gasteiger charge is 2.25. The molecule has 0 bridgehead atoms. The highest BCUT2D eigenvalue weighted by molar-refractivity contribution is 5.88. The average molecular weight is 382 g/mol. The lowest BCUT2D eigenvalue weighted by molar-refractivity contribution is -0.122. The number of hydrogen-bond donors (Lipinski definition) is 2. The number of anilines is 2. The molecule has 0 aromatic heterocycles. The zero-order valence-electron chi connectivity index (χ0n) is 16.9. The average Bonchev–Trinajstić information content (AvgIpc) is 2.67. The zero-order chi connectivity index (χ0) is 19.7. The smallest absolute Gasteiger partial charge is 0.220 e. The molecule has 150 valence electrons. The van der Waals surface area contributed by atoms with Crippen LogP contribution in [0.25, 0.3) is 10.8 Å². The second-order valence-corrected chi connectivity index (χ2v) is 8.50. The number of nitrogens with two attached hydrogens (primary N) is 1. The van der Waals surface area contributed by atoms with Gasteiger partial charge in [-0.25, -0.2) is 0 Å². The SMILES string of the molecule is CC1CN(c2ccc3cc(NC4CCC(C(N)=O)CC4)ccc3c2)CC(C)O1. The first kappa shape index (κ1) is 19.1. The first-order valence-electron chi connectivity index (χ1n) is 10.5. The second kappa shape index (κ2) is 8.00. The number of amides is 1. The number of fused-ring (bicyclic) bond motifs is 1. The van der Waals surface area contributed by atoms with E-state index in [-0.39, 0.29) is 24.0 Å². The van der Waals surface area contributed by atoms with E-state index in [0.717, 1.165) is 44.5 Å². The lowest BCUT2D eigenvalue weighted by Crippen LogP contribution is -2.45. The molecule has 1 amide bonds. The molecule has 2 atom stereocenters. The molecule has 0 radical (unpaired) electrons. The van der Waals surface area contributed by atoms with Gasteiger partial charge < -0.3 is 20.7 Å². The van der Waals surface area contributed by atoms with Crippen molar-refractivity contribution in [2.75, 3.05) is 23.3 Å². The van der Waals surface area contributed by atoms with Gasteiger partial charge in [-0.2, -0.15) is 0 Å². The second-order valence-electron chi connectivity index (χ2n) is 8.50. The van der Waals surface area contributed by atoms with Crippen LogP contribution in [0.3, 0.4) is 0 Å². The van der Waals surface area contributed by atoms with E-state index < -0.39 is 0 Å². The number of hydrogen-bond acceptors (Lipinski definition) is 4. The number of rotatable bonds is 4. The zero-order valence-corrected chi connectivity index (χ0v) is 16.9. The number of carbonyl (C=O) groups is 1. The molecule has 2 unspecified atom stereocenters. The predicted octanol–water partition coefficient (Wildman–Crippen LogP) is 3.91. The number of nitrogens with zero attached hydrogens (tertiary/aromatic N) is 1. The molecule has 28 heavy (non-hydrogen) atoms. The molecule has 5 nitrogen and oxygen atoms in total. The molecule has 2 fully saturated rings. The van der Waals surface area contributed by atoms with Crippen LogP contribution in [0, 0.1) is 5.92 Å². The van der Waals surface area contributed by atoms with E-state index in [2.05, 4.69) is 60.5 Å². The summed E-state index contributed by atoms with van der Waals surface area (Å²) in [4.78, 5) is 13.8. The molecule has 2 aliphatic rings. The van der Waals surface area contributed by atoms with Crippen LogP contribution in [0.2, 0.25) is 0 Å². The third kappa shape index (κ3) is 4.25. The van der Waals surface area contributed by atoms with Crippen molar-refractivity contribution in [3.8, 4) is 0 Å². The molecule has 5 heteroatoms. The van der Waals surface area contributed by atoms with Crippen LogP contribution in [-0.4, -0.2) is 37.2 Å². The van der Waals surface area contributed by atoms with Crippen molar-refractivity contribution >= 4 is 28.1 Å². The fraction of sp³-hybridized carbons (Fsp3) is 0.522. The fourth-order valence-corrected chi connectivity index (χ4v) is 4.67. The molecule has 1 saturated heterocycles. The summed E-state index contributed by atoms with van der Waals surface area (Å²) in [5, 5.41) is 6.14. The lowest BCUT2D eigenvalue weighted by atomic mass is 9.85. The minimum Gasteiger partial charge on any atom is -0.382 e. The molecular formula is C23H31N3O2. The summed E-state index contributed by atoms with van der Waals surface area (Å²) >= 11 is 0. The quantitative estimate of drug-likeness (QED) is 0.843. The van der Waals surface area contributed by atoms with E-state index >= 15 is 0 Å². The molecule has 4 rings (SSSR count). The monoisotopic (exact) mass is 381 g/mol. The number of benzene rings is 2. The molecule has 1 heterocycles. The Labute approximate surface area is 167 Å². The van der Waals surface area contributed by atoms with Crippen LogP contribution in [0.15, 0.2) is 36.4 Å². The Morgan fingerprint density at radius 2 is 1.64 bits per heavy atom. The normalized spacial score (nSPS) is 28.3. The summed E-state index contributed by atoms with van der Waals surface area (Å²) < 4.78 is 5.86. The Hall–Kier alpha value is -2.27. The molecule has 3 N–H and O–H groups in total. The van der Waals surface area contributed by atoms with Gasteiger partial charge in [-0.3, -0.25) is 4.79 Å². The van der Waals surface area contributed by atoms with Crippen LogP contribution in [0.1, 0.15) is 39.5 Å². The number of nitrogens with one attached hydrogen (secondary N) is 1. The van der Waals surface area contributed by atoms with Gasteiger partial charge >= 0.3 is 0 Å². The van der Waals surface area contributed by atoms with Crippen LogP contribution in [0.4, 0.5) is 11.4 Å². The lowest BCUT2D eigenvalue weighted by Gasteiger charge is -2.37. The maximum atomic E-state index is 11.3. The maximum Gasteiger partial charge on any atom is 0.220 e. The molecule has 1 saturated carbocycles. The van der Waals surface area contributed by atoms with Gasteiger partial charge in [0.25, 0.3) is 0 Å². The summed E-state index contributed by atoms with van der Waals surface area (Å²) in [5.41, 5.74) is 7.85. The third-order valence-corrected chi connectivity index (χ3v) is 6.11. The van der Waals surface area contributed by atoms with Crippen molar-refractivity contribution in [2.24, 2.45) is 11.7 Å². The molecule has 2 aromatic rings. The standard InChI is InChI=1S/C23H31N3O2/c1-15-13-26(14-16(2)28-15)22-10-6-18-11-21(9-5-19(18)12-22)25-20-7-3-17(4-8-20)23(24)27/h5-6,9-12,15-17,20,25H,3-4,7-8,13-14H2,1-2H3,(H2,24,27). The molecule has 2 aromatic carbocycles. The van der Waals surface area contributed by atoms with Crippen molar-refractivity contribution in [2.45, 2.75) is 57.8 Å². The van der Waals surface area contributed by atoms with Crippen LogP contribution >= 0.6 is 0 Å². The van der Waals surface area contributed by atoms with E-state index in [1.807, 2.05) is 0 Å². The Morgan fingerprint density at radius 1 is 1.00 bits per heavy atom. The minimum atomic E-state index is -0.149. The van der Waals surface area contributed by atoms with Crippen LogP contribution in [-0.2, 0) is 9.53 Å². The number of morpholine rings is 1. The summed E-state index contributed by atoms with van der Waals surface area (Å²) in [6.07, 6.45) is 4.29. The van der Waals surface area contributed by atoms with Gasteiger partial charge in [-0.15, -0.1) is 0 Å². The highest BCUT2D eigenvalue weighted by atomic mass is 16.5. The molecule has 0 spiro atoms. The van der Waals surface area contributed by atoms with Crippen LogP contribution < -0.4 is 16.0 Å². The Kier molecular flexibility index (Phi) is 5.44. The minimum absolute atomic E-state index is 0.0544. The Morgan fingerprint density at radius 3 is 2.32 bits per heavy atom. The first-order chi connectivity index (χ1) is 13.5. The van der Waals surface area contributed by atoms with Crippen molar-refractivity contribution in [3.63, 3.8) is 0 Å². The topological polar surface area (TPSA) is 67.6 Å². The van der Waals surface area contributed by atoms with Gasteiger partial charge in [0.15, 0.2) is 0 Å². The molecular weight excluding hydrogens is 350 g/mol. The molecule has 1 aliphatic carbocycles. The van der Waals surface area contributed by atoms with Crippen molar-refractivity contribution < 1.29 is 9.53 Å². The van der Waals surface area contributed by atoms with Gasteiger partial charge in [0.2, 0.25) is 5.91 Å². The highest BCUT2D eigenvalue weighted by Crippen LogP contribution is 2.30. The van der Waals surface area contributed by atoms with Crippen molar-refractivity contribution in [1.82, 2.24) is 0 Å². The van der Waals surface area contributed by atoms with Crippen molar-refractivity contribution in [1.29, 1.82) is 0 Å². The van der Waals surface area contributed by atoms with E-state index in [1.165, 1.54) is 16.5 Å². The largest absolute Gasteiger partial charge is 0.382 e. The summed E-state index contributed by atoms with van der Waals surface area (Å²) in [6.45, 7) is 6.14. The number of carbonyl (C=O) groups excluding carboxylic acids is 1. The van der Waals surface area contributed by atoms with Gasteiger partial charge in [-0.1, -0.05) is 12.1 Å². The van der Waals surface area contributed by atoms with Gasteiger partial charge in [0.1, 0.15) is 0 Å². The van der Waals surface area contributed by atoms with Crippen molar-refractivity contribution in [3.05, 3.63) is 36.4 Å². The maximum absolute atomic E-state index is 11.3. The number of primary amides is 1. The van der Waals surface area contributed by atoms with Gasteiger partial charge in [0, 0.05) is 36.4 Å². The van der Waals surface area contributed by atoms with Gasteiger partial charge in [-0.05, 0) is 74.6 Å². The third-order valence-electron chi connectivity index (χ3n) is 6.11. The first-order valence-corrected chi connectivity index (χ1v) is 10.5. The fourth-order valence-electron chi connectivity index (χ4n) is 4.67. The molecule has 1 aliphatic heterocycles. The summed E-state index contributed by atoms with van der Waals surface area (Å²) in [5.74, 6) is -0.0947. The van der Waals surface area contributed by atoms with Gasteiger partial charge in [0.05, 0.1) is 12.2 Å². The summed E-state index contributed by atoms with van der Waals surface area (Å²) in [6, 6.07) is 13.7. The number of ether oxygens (including phenoxy) is 1. The van der Waals surface area contributed by atoms with E-state index in [1.54, 1.807) is 0 Å². The summed E-state index contributed by atoms with van der Waals surface area (Å²) in [7, 11) is 0. The van der Waals surface area contributed by atoms with E-state index in [0.29, 0.717) is 6.04 Å². The van der Waals surface area contributed by atoms with E-state index in [9.17, 15) is 4.79 Å². The predicted molar refractivity (Wildman–Crippen MR) is 115 cm³/mol. The Bertz CT molecular complexity index is 835.